The van der Waals surface area contributed by atoms with Gasteiger partial charge < -0.3 is 9.84 Å². The highest BCUT2D eigenvalue weighted by molar-refractivity contribution is 6.32. The van der Waals surface area contributed by atoms with E-state index >= 15 is 0 Å². The van der Waals surface area contributed by atoms with E-state index in [2.05, 4.69) is 4.98 Å². The van der Waals surface area contributed by atoms with E-state index in [0.717, 1.165) is 5.56 Å². The number of halogens is 1. The van der Waals surface area contributed by atoms with Crippen molar-refractivity contribution in [3.63, 3.8) is 0 Å². The highest BCUT2D eigenvalue weighted by Gasteiger charge is 2.07. The molecule has 0 aliphatic rings. The molecule has 3 nitrogen and oxygen atoms in total. The van der Waals surface area contributed by atoms with Gasteiger partial charge >= 0.3 is 0 Å². The Morgan fingerprint density at radius 2 is 2.18 bits per heavy atom. The molecule has 0 amide bonds. The zero-order valence-electron chi connectivity index (χ0n) is 9.30. The van der Waals surface area contributed by atoms with Gasteiger partial charge in [-0.2, -0.15) is 0 Å². The Morgan fingerprint density at radius 1 is 1.35 bits per heavy atom. The van der Waals surface area contributed by atoms with Gasteiger partial charge in [0.05, 0.1) is 17.3 Å². The zero-order chi connectivity index (χ0) is 12.3. The largest absolute Gasteiger partial charge is 0.454 e. The molecule has 0 saturated heterocycles. The summed E-state index contributed by atoms with van der Waals surface area (Å²) in [6, 6.07) is 8.79. The van der Waals surface area contributed by atoms with Crippen molar-refractivity contribution in [2.24, 2.45) is 0 Å². The fourth-order valence-electron chi connectivity index (χ4n) is 1.39. The molecule has 1 atom stereocenters. The number of nitrogens with zero attached hydrogens (tertiary/aromatic N) is 1. The monoisotopic (exact) mass is 249 g/mol. The molecule has 1 aromatic carbocycles. The molecule has 1 aromatic heterocycles. The van der Waals surface area contributed by atoms with Crippen LogP contribution in [0.5, 0.6) is 11.5 Å². The van der Waals surface area contributed by atoms with Gasteiger partial charge in [-0.1, -0.05) is 17.7 Å². The smallest absolute Gasteiger partial charge is 0.146 e. The second-order valence-electron chi connectivity index (χ2n) is 3.66. The highest BCUT2D eigenvalue weighted by atomic mass is 35.5. The second kappa shape index (κ2) is 5.17. The van der Waals surface area contributed by atoms with Crippen molar-refractivity contribution in [1.82, 2.24) is 4.98 Å². The summed E-state index contributed by atoms with van der Waals surface area (Å²) in [4.78, 5) is 3.95. The number of benzene rings is 1. The van der Waals surface area contributed by atoms with Crippen molar-refractivity contribution in [2.45, 2.75) is 13.0 Å². The number of rotatable bonds is 3. The van der Waals surface area contributed by atoms with E-state index in [-0.39, 0.29) is 0 Å². The number of ether oxygens (including phenoxy) is 1. The van der Waals surface area contributed by atoms with Crippen molar-refractivity contribution in [2.75, 3.05) is 0 Å². The van der Waals surface area contributed by atoms with Crippen LogP contribution >= 0.6 is 11.6 Å². The third-order valence-corrected chi connectivity index (χ3v) is 2.60. The van der Waals surface area contributed by atoms with Gasteiger partial charge in [0.15, 0.2) is 0 Å². The maximum absolute atomic E-state index is 9.42. The molecule has 0 aliphatic carbocycles. The lowest BCUT2D eigenvalue weighted by molar-refractivity contribution is 0.199. The number of hydrogen-bond acceptors (Lipinski definition) is 3. The maximum Gasteiger partial charge on any atom is 0.146 e. The van der Waals surface area contributed by atoms with Crippen LogP contribution in [-0.4, -0.2) is 10.1 Å². The first-order valence-electron chi connectivity index (χ1n) is 5.22. The molecule has 0 fully saturated rings. The van der Waals surface area contributed by atoms with Crippen molar-refractivity contribution in [3.05, 3.63) is 53.3 Å². The molecule has 0 bridgehead atoms. The van der Waals surface area contributed by atoms with Gasteiger partial charge in [0.25, 0.3) is 0 Å². The van der Waals surface area contributed by atoms with Crippen molar-refractivity contribution in [1.29, 1.82) is 0 Å². The van der Waals surface area contributed by atoms with E-state index in [4.69, 9.17) is 16.3 Å². The molecule has 0 radical (unpaired) electrons. The maximum atomic E-state index is 9.42. The van der Waals surface area contributed by atoms with Gasteiger partial charge in [-0.3, -0.25) is 4.98 Å². The SMILES string of the molecule is C[C@@H](O)c1ccc(Oc2cccnc2)c(Cl)c1. The summed E-state index contributed by atoms with van der Waals surface area (Å²) < 4.78 is 5.57. The van der Waals surface area contributed by atoms with Gasteiger partial charge in [-0.15, -0.1) is 0 Å². The Hall–Kier alpha value is -1.58. The zero-order valence-corrected chi connectivity index (χ0v) is 10.1. The molecule has 0 spiro atoms. The van der Waals surface area contributed by atoms with E-state index in [1.54, 1.807) is 49.6 Å². The molecule has 1 heterocycles. The Balaban J connectivity index is 2.23. The van der Waals surface area contributed by atoms with Gasteiger partial charge in [-0.05, 0) is 36.8 Å². The van der Waals surface area contributed by atoms with E-state index < -0.39 is 6.10 Å². The fourth-order valence-corrected chi connectivity index (χ4v) is 1.62. The summed E-state index contributed by atoms with van der Waals surface area (Å²) in [5.74, 6) is 1.17. The minimum Gasteiger partial charge on any atom is -0.454 e. The van der Waals surface area contributed by atoms with E-state index in [9.17, 15) is 5.11 Å². The first-order chi connectivity index (χ1) is 8.16. The van der Waals surface area contributed by atoms with E-state index in [0.29, 0.717) is 16.5 Å². The molecule has 88 valence electrons. The van der Waals surface area contributed by atoms with Crippen LogP contribution in [0.1, 0.15) is 18.6 Å². The minimum absolute atomic E-state index is 0.465. The molecule has 0 unspecified atom stereocenters. The van der Waals surface area contributed by atoms with Crippen molar-refractivity contribution in [3.8, 4) is 11.5 Å². The van der Waals surface area contributed by atoms with Gasteiger partial charge in [-0.25, -0.2) is 0 Å². The molecule has 4 heteroatoms. The van der Waals surface area contributed by atoms with Crippen LogP contribution in [0.15, 0.2) is 42.7 Å². The summed E-state index contributed by atoms with van der Waals surface area (Å²) >= 11 is 6.07. The summed E-state index contributed by atoms with van der Waals surface area (Å²) in [7, 11) is 0. The van der Waals surface area contributed by atoms with Crippen molar-refractivity contribution < 1.29 is 9.84 Å². The van der Waals surface area contributed by atoms with Crippen LogP contribution in [0.4, 0.5) is 0 Å². The topological polar surface area (TPSA) is 42.4 Å². The average Bonchev–Trinajstić information content (AvgIpc) is 2.33. The number of aliphatic hydroxyl groups excluding tert-OH is 1. The predicted octanol–water partition coefficient (Wildman–Crippen LogP) is 3.58. The van der Waals surface area contributed by atoms with Crippen LogP contribution in [0.25, 0.3) is 0 Å². The number of pyridine rings is 1. The molecular weight excluding hydrogens is 238 g/mol. The van der Waals surface area contributed by atoms with Crippen LogP contribution in [0.2, 0.25) is 5.02 Å². The fraction of sp³-hybridized carbons (Fsp3) is 0.154. The normalized spacial score (nSPS) is 12.2. The average molecular weight is 250 g/mol. The number of aliphatic hydroxyl groups is 1. The lowest BCUT2D eigenvalue weighted by atomic mass is 10.1. The number of aromatic nitrogens is 1. The molecule has 17 heavy (non-hydrogen) atoms. The van der Waals surface area contributed by atoms with Crippen LogP contribution in [-0.2, 0) is 0 Å². The minimum atomic E-state index is -0.542. The lowest BCUT2D eigenvalue weighted by Gasteiger charge is -2.10. The van der Waals surface area contributed by atoms with E-state index in [1.165, 1.54) is 0 Å². The number of hydrogen-bond donors (Lipinski definition) is 1. The predicted molar refractivity (Wildman–Crippen MR) is 66.4 cm³/mol. The second-order valence-corrected chi connectivity index (χ2v) is 4.06. The Kier molecular flexibility index (Phi) is 3.61. The van der Waals surface area contributed by atoms with Crippen LogP contribution in [0, 0.1) is 0 Å². The standard InChI is InChI=1S/C13H12ClNO2/c1-9(16)10-4-5-13(12(14)7-10)17-11-3-2-6-15-8-11/h2-9,16H,1H3/t9-/m1/s1. The van der Waals surface area contributed by atoms with E-state index in [1.807, 2.05) is 0 Å². The third kappa shape index (κ3) is 2.96. The molecule has 1 N–H and O–H groups in total. The summed E-state index contributed by atoms with van der Waals surface area (Å²) in [6.45, 7) is 1.69. The first-order valence-corrected chi connectivity index (χ1v) is 5.60. The van der Waals surface area contributed by atoms with Gasteiger partial charge in [0.1, 0.15) is 11.5 Å². The molecule has 0 aliphatic heterocycles. The first kappa shape index (κ1) is 11.9. The summed E-state index contributed by atoms with van der Waals surface area (Å²) in [5.41, 5.74) is 0.758. The Bertz CT molecular complexity index is 500. The van der Waals surface area contributed by atoms with Gasteiger partial charge in [0, 0.05) is 6.20 Å². The third-order valence-electron chi connectivity index (χ3n) is 2.30. The Morgan fingerprint density at radius 3 is 2.76 bits per heavy atom. The lowest BCUT2D eigenvalue weighted by Crippen LogP contribution is -1.92. The molecule has 2 rings (SSSR count). The summed E-state index contributed by atoms with van der Waals surface area (Å²) in [5, 5.41) is 9.88. The Labute approximate surface area is 105 Å². The van der Waals surface area contributed by atoms with Gasteiger partial charge in [0.2, 0.25) is 0 Å². The van der Waals surface area contributed by atoms with Crippen LogP contribution in [0.3, 0.4) is 0 Å². The highest BCUT2D eigenvalue weighted by Crippen LogP contribution is 2.31. The molecular formula is C13H12ClNO2. The van der Waals surface area contributed by atoms with Crippen molar-refractivity contribution >= 4 is 11.6 Å². The quantitative estimate of drug-likeness (QED) is 0.904. The molecule has 0 saturated carbocycles. The molecule has 2 aromatic rings. The summed E-state index contributed by atoms with van der Waals surface area (Å²) in [6.07, 6.45) is 2.74. The van der Waals surface area contributed by atoms with Crippen LogP contribution < -0.4 is 4.74 Å².